The van der Waals surface area contributed by atoms with Crippen molar-refractivity contribution in [3.05, 3.63) is 29.1 Å². The highest BCUT2D eigenvalue weighted by molar-refractivity contribution is 5.76. The fourth-order valence-corrected chi connectivity index (χ4v) is 0.991. The Morgan fingerprint density at radius 3 is 1.48 bits per heavy atom. The first-order chi connectivity index (χ1) is 9.34. The molecule has 12 heteroatoms. The Labute approximate surface area is 108 Å². The number of alkyl halides is 4. The van der Waals surface area contributed by atoms with Crippen LogP contribution in [0.15, 0.2) is 0 Å². The van der Waals surface area contributed by atoms with Crippen LogP contribution in [0.25, 0.3) is 0 Å². The van der Waals surface area contributed by atoms with Gasteiger partial charge in [0, 0.05) is 0 Å². The van der Waals surface area contributed by atoms with Gasteiger partial charge in [0.05, 0.1) is 0 Å². The van der Waals surface area contributed by atoms with Crippen LogP contribution in [0.2, 0.25) is 0 Å². The number of hydrogen-bond donors (Lipinski definition) is 1. The van der Waals surface area contributed by atoms with Crippen molar-refractivity contribution in [3.63, 3.8) is 0 Å². The standard InChI is InChI=1S/C9HF9O3/c10-1-2(11)4(13)6(5(14)3(1)12)21-9(17,18)8(15,16)7(19)20/h(H,19,20). The van der Waals surface area contributed by atoms with Gasteiger partial charge < -0.3 is 9.84 Å². The highest BCUT2D eigenvalue weighted by atomic mass is 19.3. The van der Waals surface area contributed by atoms with Gasteiger partial charge in [-0.25, -0.2) is 18.0 Å². The maximum atomic E-state index is 13.0. The molecule has 1 N–H and O–H groups in total. The highest BCUT2D eigenvalue weighted by Crippen LogP contribution is 2.39. The minimum Gasteiger partial charge on any atom is -0.477 e. The number of hydrogen-bond acceptors (Lipinski definition) is 2. The van der Waals surface area contributed by atoms with Crippen molar-refractivity contribution in [2.75, 3.05) is 0 Å². The van der Waals surface area contributed by atoms with Gasteiger partial charge in [0.25, 0.3) is 0 Å². The molecule has 3 nitrogen and oxygen atoms in total. The molecule has 0 aliphatic rings. The zero-order valence-electron chi connectivity index (χ0n) is 9.17. The minimum atomic E-state index is -6.09. The maximum absolute atomic E-state index is 13.0. The van der Waals surface area contributed by atoms with Crippen molar-refractivity contribution in [2.45, 2.75) is 12.0 Å². The van der Waals surface area contributed by atoms with E-state index in [1.165, 1.54) is 0 Å². The molecular formula is C9HF9O3. The number of aliphatic carboxylic acids is 1. The number of carboxylic acids is 1. The normalized spacial score (nSPS) is 12.4. The molecule has 0 aromatic heterocycles. The molecule has 0 bridgehead atoms. The molecule has 0 atom stereocenters. The lowest BCUT2D eigenvalue weighted by Gasteiger charge is -2.23. The lowest BCUT2D eigenvalue weighted by atomic mass is 10.2. The molecule has 0 aliphatic heterocycles. The molecular weight excluding hydrogens is 327 g/mol. The molecule has 21 heavy (non-hydrogen) atoms. The summed E-state index contributed by atoms with van der Waals surface area (Å²) in [4.78, 5) is 9.91. The van der Waals surface area contributed by atoms with Crippen LogP contribution < -0.4 is 4.74 Å². The van der Waals surface area contributed by atoms with Gasteiger partial charge in [-0.3, -0.25) is 0 Å². The predicted molar refractivity (Wildman–Crippen MR) is 44.4 cm³/mol. The Kier molecular flexibility index (Phi) is 4.03. The molecule has 0 unspecified atom stereocenters. The SMILES string of the molecule is O=C(O)C(F)(F)C(F)(F)Oc1c(F)c(F)c(F)c(F)c1F. The zero-order chi connectivity index (χ0) is 16.7. The van der Waals surface area contributed by atoms with E-state index in [4.69, 9.17) is 5.11 Å². The molecule has 0 saturated heterocycles. The zero-order valence-corrected chi connectivity index (χ0v) is 9.17. The van der Waals surface area contributed by atoms with Crippen LogP contribution in [0.4, 0.5) is 39.5 Å². The average molecular weight is 328 g/mol. The van der Waals surface area contributed by atoms with Crippen molar-refractivity contribution >= 4 is 5.97 Å². The van der Waals surface area contributed by atoms with E-state index in [0.717, 1.165) is 0 Å². The van der Waals surface area contributed by atoms with E-state index in [1.807, 2.05) is 0 Å². The van der Waals surface area contributed by atoms with Gasteiger partial charge in [-0.2, -0.15) is 26.3 Å². The van der Waals surface area contributed by atoms with Crippen molar-refractivity contribution in [3.8, 4) is 5.75 Å². The van der Waals surface area contributed by atoms with Gasteiger partial charge in [-0.15, -0.1) is 0 Å². The summed E-state index contributed by atoms with van der Waals surface area (Å²) in [7, 11) is 0. The van der Waals surface area contributed by atoms with E-state index in [2.05, 4.69) is 4.74 Å². The number of ether oxygens (including phenoxy) is 1. The largest absolute Gasteiger partial charge is 0.477 e. The van der Waals surface area contributed by atoms with Crippen LogP contribution in [-0.4, -0.2) is 23.1 Å². The molecule has 0 spiro atoms. The van der Waals surface area contributed by atoms with Crippen LogP contribution in [-0.2, 0) is 4.79 Å². The third-order valence-corrected chi connectivity index (χ3v) is 2.03. The van der Waals surface area contributed by atoms with Gasteiger partial charge in [-0.1, -0.05) is 0 Å². The second-order valence-electron chi connectivity index (χ2n) is 3.40. The first-order valence-electron chi connectivity index (χ1n) is 4.54. The quantitative estimate of drug-likeness (QED) is 0.525. The van der Waals surface area contributed by atoms with E-state index in [-0.39, 0.29) is 0 Å². The van der Waals surface area contributed by atoms with Crippen LogP contribution in [0.5, 0.6) is 5.75 Å². The lowest BCUT2D eigenvalue weighted by Crippen LogP contribution is -2.51. The van der Waals surface area contributed by atoms with E-state index >= 15 is 0 Å². The maximum Gasteiger partial charge on any atom is 0.476 e. The van der Waals surface area contributed by atoms with E-state index < -0.39 is 52.8 Å². The molecule has 0 saturated carbocycles. The Bertz CT molecular complexity index is 570. The Balaban J connectivity index is 3.42. The second-order valence-corrected chi connectivity index (χ2v) is 3.40. The first kappa shape index (κ1) is 16.9. The monoisotopic (exact) mass is 328 g/mol. The number of rotatable bonds is 4. The predicted octanol–water partition coefficient (Wildman–Crippen LogP) is 3.07. The van der Waals surface area contributed by atoms with E-state index in [0.29, 0.717) is 0 Å². The molecule has 0 fully saturated rings. The number of carbonyl (C=O) groups is 1. The molecule has 0 aliphatic carbocycles. The van der Waals surface area contributed by atoms with Crippen LogP contribution >= 0.6 is 0 Å². The van der Waals surface area contributed by atoms with Crippen LogP contribution in [0.1, 0.15) is 0 Å². The minimum absolute atomic E-state index is 2.74. The van der Waals surface area contributed by atoms with E-state index in [1.54, 1.807) is 0 Å². The summed E-state index contributed by atoms with van der Waals surface area (Å²) < 4.78 is 117. The van der Waals surface area contributed by atoms with Gasteiger partial charge in [-0.05, 0) is 0 Å². The Hall–Kier alpha value is -2.14. The summed E-state index contributed by atoms with van der Waals surface area (Å²) in [5.74, 6) is -26.3. The summed E-state index contributed by atoms with van der Waals surface area (Å²) in [6.45, 7) is 0. The lowest BCUT2D eigenvalue weighted by molar-refractivity contribution is -0.303. The second kappa shape index (κ2) is 5.00. The molecule has 0 amide bonds. The summed E-state index contributed by atoms with van der Waals surface area (Å²) in [5, 5.41) is 7.84. The fraction of sp³-hybridized carbons (Fsp3) is 0.222. The number of benzene rings is 1. The number of carboxylic acid groups (broad SMARTS) is 1. The van der Waals surface area contributed by atoms with Gasteiger partial charge in [0.2, 0.25) is 34.8 Å². The summed E-state index contributed by atoms with van der Waals surface area (Å²) >= 11 is 0. The highest BCUT2D eigenvalue weighted by Gasteiger charge is 2.66. The average Bonchev–Trinajstić information content (AvgIpc) is 2.38. The first-order valence-corrected chi connectivity index (χ1v) is 4.54. The van der Waals surface area contributed by atoms with Crippen molar-refractivity contribution in [1.29, 1.82) is 0 Å². The van der Waals surface area contributed by atoms with Gasteiger partial charge >= 0.3 is 18.0 Å². The van der Waals surface area contributed by atoms with E-state index in [9.17, 15) is 44.3 Å². The Morgan fingerprint density at radius 1 is 0.810 bits per heavy atom. The Morgan fingerprint density at radius 2 is 1.14 bits per heavy atom. The summed E-state index contributed by atoms with van der Waals surface area (Å²) in [5.41, 5.74) is 0. The molecule has 1 rings (SSSR count). The smallest absolute Gasteiger partial charge is 0.476 e. The molecule has 118 valence electrons. The number of halogens is 9. The van der Waals surface area contributed by atoms with Crippen molar-refractivity contribution in [2.24, 2.45) is 0 Å². The molecule has 1 aromatic carbocycles. The van der Waals surface area contributed by atoms with Gasteiger partial charge in [0.1, 0.15) is 0 Å². The van der Waals surface area contributed by atoms with Gasteiger partial charge in [0.15, 0.2) is 0 Å². The molecule has 1 aromatic rings. The summed E-state index contributed by atoms with van der Waals surface area (Å²) in [6, 6.07) is 0. The third-order valence-electron chi connectivity index (χ3n) is 2.03. The molecule has 0 heterocycles. The topological polar surface area (TPSA) is 46.5 Å². The fourth-order valence-electron chi connectivity index (χ4n) is 0.991. The third kappa shape index (κ3) is 2.56. The van der Waals surface area contributed by atoms with Crippen molar-refractivity contribution < 1.29 is 54.2 Å². The molecule has 0 radical (unpaired) electrons. The van der Waals surface area contributed by atoms with Crippen LogP contribution in [0, 0.1) is 29.1 Å². The summed E-state index contributed by atoms with van der Waals surface area (Å²) in [6.07, 6.45) is -6.09. The van der Waals surface area contributed by atoms with Crippen molar-refractivity contribution in [1.82, 2.24) is 0 Å². The van der Waals surface area contributed by atoms with Crippen LogP contribution in [0.3, 0.4) is 0 Å².